The lowest BCUT2D eigenvalue weighted by atomic mass is 9.95. The summed E-state index contributed by atoms with van der Waals surface area (Å²) in [4.78, 5) is 12.1. The number of aliphatic hydroxyl groups is 1. The molecule has 0 spiro atoms. The number of aromatic nitrogens is 3. The Morgan fingerprint density at radius 1 is 1.03 bits per heavy atom. The third kappa shape index (κ3) is 5.34. The Labute approximate surface area is 183 Å². The van der Waals surface area contributed by atoms with Crippen LogP contribution in [0.2, 0.25) is 0 Å². The maximum Gasteiger partial charge on any atom is 0.423 e. The van der Waals surface area contributed by atoms with Crippen LogP contribution < -0.4 is 10.1 Å². The third-order valence-electron chi connectivity index (χ3n) is 5.36. The fraction of sp³-hybridized carbons (Fsp3) is 0.348. The maximum atomic E-state index is 13.4. The van der Waals surface area contributed by atoms with Gasteiger partial charge in [-0.3, -0.25) is 4.98 Å². The van der Waals surface area contributed by atoms with Crippen LogP contribution in [0.25, 0.3) is 11.3 Å². The van der Waals surface area contributed by atoms with E-state index in [2.05, 4.69) is 20.3 Å². The molecule has 1 saturated carbocycles. The average Bonchev–Trinajstić information content (AvgIpc) is 2.79. The summed E-state index contributed by atoms with van der Waals surface area (Å²) in [7, 11) is 0. The molecular weight excluding hydrogens is 421 g/mol. The topological polar surface area (TPSA) is 80.2 Å². The SMILES string of the molecule is O[C@@H]1CCCC[C@H]1Oc1nc(NCc2ccc(-c3ccccn3)cc2)ncc1C(F)(F)F. The van der Waals surface area contributed by atoms with E-state index in [-0.39, 0.29) is 5.95 Å². The number of nitrogens with zero attached hydrogens (tertiary/aromatic N) is 3. The minimum Gasteiger partial charge on any atom is -0.471 e. The van der Waals surface area contributed by atoms with Gasteiger partial charge in [-0.1, -0.05) is 36.8 Å². The van der Waals surface area contributed by atoms with E-state index in [0.29, 0.717) is 25.6 Å². The van der Waals surface area contributed by atoms with Crippen molar-refractivity contribution in [2.75, 3.05) is 5.32 Å². The molecule has 168 valence electrons. The van der Waals surface area contributed by atoms with Crippen LogP contribution in [0.4, 0.5) is 19.1 Å². The third-order valence-corrected chi connectivity index (χ3v) is 5.36. The number of hydrogen-bond acceptors (Lipinski definition) is 6. The van der Waals surface area contributed by atoms with Crippen LogP contribution in [-0.4, -0.2) is 32.3 Å². The Bertz CT molecular complexity index is 1030. The van der Waals surface area contributed by atoms with E-state index < -0.39 is 29.8 Å². The van der Waals surface area contributed by atoms with Crippen molar-refractivity contribution in [3.05, 3.63) is 66.0 Å². The fourth-order valence-corrected chi connectivity index (χ4v) is 3.60. The number of rotatable bonds is 6. The Morgan fingerprint density at radius 2 is 1.81 bits per heavy atom. The molecule has 3 aromatic rings. The number of halogens is 3. The lowest BCUT2D eigenvalue weighted by Crippen LogP contribution is -2.35. The van der Waals surface area contributed by atoms with Gasteiger partial charge in [0.1, 0.15) is 11.7 Å². The molecule has 0 bridgehead atoms. The molecule has 2 aromatic heterocycles. The average molecular weight is 444 g/mol. The first-order valence-corrected chi connectivity index (χ1v) is 10.4. The number of ether oxygens (including phenoxy) is 1. The predicted octanol–water partition coefficient (Wildman–Crippen LogP) is 4.85. The van der Waals surface area contributed by atoms with Crippen LogP contribution in [0.15, 0.2) is 54.9 Å². The van der Waals surface area contributed by atoms with Crippen LogP contribution in [0.1, 0.15) is 36.8 Å². The van der Waals surface area contributed by atoms with E-state index in [1.165, 1.54) is 0 Å². The smallest absolute Gasteiger partial charge is 0.423 e. The second-order valence-corrected chi connectivity index (χ2v) is 7.68. The summed E-state index contributed by atoms with van der Waals surface area (Å²) in [6.07, 6.45) is -1.17. The van der Waals surface area contributed by atoms with E-state index in [1.807, 2.05) is 42.5 Å². The molecule has 2 N–H and O–H groups in total. The van der Waals surface area contributed by atoms with Gasteiger partial charge in [-0.25, -0.2) is 4.98 Å². The Hall–Kier alpha value is -3.20. The van der Waals surface area contributed by atoms with Crippen molar-refractivity contribution in [2.45, 2.75) is 50.6 Å². The van der Waals surface area contributed by atoms with Crippen LogP contribution in [0.5, 0.6) is 5.88 Å². The normalized spacial score (nSPS) is 18.9. The molecule has 0 radical (unpaired) electrons. The van der Waals surface area contributed by atoms with E-state index in [1.54, 1.807) is 6.20 Å². The zero-order valence-electron chi connectivity index (χ0n) is 17.2. The van der Waals surface area contributed by atoms with Crippen molar-refractivity contribution < 1.29 is 23.0 Å². The minimum atomic E-state index is -4.66. The molecule has 0 amide bonds. The molecule has 9 heteroatoms. The van der Waals surface area contributed by atoms with Gasteiger partial charge in [0.15, 0.2) is 0 Å². The van der Waals surface area contributed by atoms with Crippen molar-refractivity contribution in [1.82, 2.24) is 15.0 Å². The van der Waals surface area contributed by atoms with Gasteiger partial charge in [-0.2, -0.15) is 18.2 Å². The predicted molar refractivity (Wildman–Crippen MR) is 113 cm³/mol. The minimum absolute atomic E-state index is 0.0205. The van der Waals surface area contributed by atoms with Crippen LogP contribution in [-0.2, 0) is 12.7 Å². The zero-order chi connectivity index (χ0) is 22.6. The largest absolute Gasteiger partial charge is 0.471 e. The van der Waals surface area contributed by atoms with E-state index in [9.17, 15) is 18.3 Å². The van der Waals surface area contributed by atoms with E-state index in [0.717, 1.165) is 29.7 Å². The van der Waals surface area contributed by atoms with Gasteiger partial charge in [0.2, 0.25) is 11.8 Å². The molecule has 32 heavy (non-hydrogen) atoms. The van der Waals surface area contributed by atoms with Crippen molar-refractivity contribution in [1.29, 1.82) is 0 Å². The number of alkyl halides is 3. The van der Waals surface area contributed by atoms with Crippen LogP contribution in [0, 0.1) is 0 Å². The quantitative estimate of drug-likeness (QED) is 0.566. The fourth-order valence-electron chi connectivity index (χ4n) is 3.60. The summed E-state index contributed by atoms with van der Waals surface area (Å²) < 4.78 is 45.8. The highest BCUT2D eigenvalue weighted by molar-refractivity contribution is 5.59. The van der Waals surface area contributed by atoms with E-state index in [4.69, 9.17) is 4.74 Å². The Balaban J connectivity index is 1.47. The summed E-state index contributed by atoms with van der Waals surface area (Å²) in [5.74, 6) is -0.543. The summed E-state index contributed by atoms with van der Waals surface area (Å²) in [5, 5.41) is 13.0. The molecular formula is C23H23F3N4O2. The second kappa shape index (κ2) is 9.52. The van der Waals surface area contributed by atoms with Crippen LogP contribution >= 0.6 is 0 Å². The molecule has 0 aliphatic heterocycles. The summed E-state index contributed by atoms with van der Waals surface area (Å²) in [6, 6.07) is 13.3. The van der Waals surface area contributed by atoms with Gasteiger partial charge in [0, 0.05) is 24.5 Å². The van der Waals surface area contributed by atoms with Crippen LogP contribution in [0.3, 0.4) is 0 Å². The van der Waals surface area contributed by atoms with Gasteiger partial charge in [-0.05, 0) is 37.0 Å². The summed E-state index contributed by atoms with van der Waals surface area (Å²) >= 11 is 0. The number of aliphatic hydroxyl groups excluding tert-OH is 1. The van der Waals surface area contributed by atoms with Gasteiger partial charge in [0.25, 0.3) is 0 Å². The highest BCUT2D eigenvalue weighted by Gasteiger charge is 2.38. The highest BCUT2D eigenvalue weighted by atomic mass is 19.4. The van der Waals surface area contributed by atoms with Crippen molar-refractivity contribution >= 4 is 5.95 Å². The van der Waals surface area contributed by atoms with Crippen molar-refractivity contribution in [3.63, 3.8) is 0 Å². The molecule has 4 rings (SSSR count). The first kappa shape index (κ1) is 22.0. The molecule has 1 aliphatic rings. The number of hydrogen-bond donors (Lipinski definition) is 2. The molecule has 2 atom stereocenters. The zero-order valence-corrected chi connectivity index (χ0v) is 17.2. The second-order valence-electron chi connectivity index (χ2n) is 7.68. The molecule has 6 nitrogen and oxygen atoms in total. The number of pyridine rings is 1. The van der Waals surface area contributed by atoms with E-state index >= 15 is 0 Å². The standard InChI is InChI=1S/C23H23F3N4O2/c24-23(25,26)17-14-29-22(30-21(17)32-20-7-2-1-6-19(20)31)28-13-15-8-10-16(11-9-15)18-5-3-4-12-27-18/h3-5,8-12,14,19-20,31H,1-2,6-7,13H2,(H,28,29,30)/t19-,20-/m1/s1. The molecule has 0 unspecified atom stereocenters. The van der Waals surface area contributed by atoms with Gasteiger partial charge < -0.3 is 15.2 Å². The lowest BCUT2D eigenvalue weighted by Gasteiger charge is -2.28. The summed E-state index contributed by atoms with van der Waals surface area (Å²) in [5.41, 5.74) is 1.66. The number of nitrogens with one attached hydrogen (secondary N) is 1. The van der Waals surface area contributed by atoms with Gasteiger partial charge >= 0.3 is 6.18 Å². The molecule has 1 aliphatic carbocycles. The first-order chi connectivity index (χ1) is 15.4. The monoisotopic (exact) mass is 444 g/mol. The lowest BCUT2D eigenvalue weighted by molar-refractivity contribution is -0.140. The molecule has 0 saturated heterocycles. The first-order valence-electron chi connectivity index (χ1n) is 10.4. The molecule has 2 heterocycles. The number of benzene rings is 1. The molecule has 1 aromatic carbocycles. The molecule has 1 fully saturated rings. The van der Waals surface area contributed by atoms with Gasteiger partial charge in [-0.15, -0.1) is 0 Å². The Kier molecular flexibility index (Phi) is 6.55. The number of anilines is 1. The van der Waals surface area contributed by atoms with Crippen molar-refractivity contribution in [2.24, 2.45) is 0 Å². The van der Waals surface area contributed by atoms with Gasteiger partial charge in [0.05, 0.1) is 11.8 Å². The highest BCUT2D eigenvalue weighted by Crippen LogP contribution is 2.36. The van der Waals surface area contributed by atoms with Crippen molar-refractivity contribution in [3.8, 4) is 17.1 Å². The Morgan fingerprint density at radius 3 is 2.50 bits per heavy atom. The summed E-state index contributed by atoms with van der Waals surface area (Å²) in [6.45, 7) is 0.319. The maximum absolute atomic E-state index is 13.4.